The molecule has 4 fully saturated rings. The van der Waals surface area contributed by atoms with Gasteiger partial charge in [-0.15, -0.1) is 0 Å². The third kappa shape index (κ3) is 4.12. The zero-order valence-corrected chi connectivity index (χ0v) is 17.6. The summed E-state index contributed by atoms with van der Waals surface area (Å²) in [5, 5.41) is 8.49. The van der Waals surface area contributed by atoms with Crippen LogP contribution in [0.2, 0.25) is 0 Å². The van der Waals surface area contributed by atoms with Crippen molar-refractivity contribution in [2.24, 2.45) is 11.8 Å². The summed E-state index contributed by atoms with van der Waals surface area (Å²) in [7, 11) is 0. The fourth-order valence-electron chi connectivity index (χ4n) is 5.14. The predicted molar refractivity (Wildman–Crippen MR) is 118 cm³/mol. The van der Waals surface area contributed by atoms with Crippen molar-refractivity contribution in [3.05, 3.63) is 24.3 Å². The molecule has 0 bridgehead atoms. The van der Waals surface area contributed by atoms with Crippen LogP contribution in [0.15, 0.2) is 24.3 Å². The van der Waals surface area contributed by atoms with Crippen molar-refractivity contribution in [1.29, 1.82) is 0 Å². The van der Waals surface area contributed by atoms with Gasteiger partial charge in [-0.3, -0.25) is 0 Å². The normalized spacial score (nSPS) is 32.1. The minimum absolute atomic E-state index is 0.390. The number of aromatic nitrogens is 2. The van der Waals surface area contributed by atoms with E-state index in [0.29, 0.717) is 24.3 Å². The number of nitrogens with one attached hydrogen (secondary N) is 2. The molecular weight excluding hydrogens is 376 g/mol. The smallest absolute Gasteiger partial charge is 0.225 e. The van der Waals surface area contributed by atoms with Crippen molar-refractivity contribution in [1.82, 2.24) is 9.97 Å². The predicted octanol–water partition coefficient (Wildman–Crippen LogP) is 4.37. The summed E-state index contributed by atoms with van der Waals surface area (Å²) in [5.74, 6) is 3.25. The van der Waals surface area contributed by atoms with E-state index in [0.717, 1.165) is 73.4 Å². The zero-order chi connectivity index (χ0) is 19.9. The highest BCUT2D eigenvalue weighted by atomic mass is 16.5. The van der Waals surface area contributed by atoms with Gasteiger partial charge in [-0.05, 0) is 75.3 Å². The number of nitrogens with zero attached hydrogens (tertiary/aromatic N) is 2. The van der Waals surface area contributed by atoms with E-state index in [2.05, 4.69) is 34.9 Å². The van der Waals surface area contributed by atoms with Gasteiger partial charge in [0.15, 0.2) is 0 Å². The lowest BCUT2D eigenvalue weighted by molar-refractivity contribution is -0.00227. The minimum Gasteiger partial charge on any atom is -0.378 e. The summed E-state index contributed by atoms with van der Waals surface area (Å²) in [5.41, 5.74) is 0.995. The largest absolute Gasteiger partial charge is 0.378 e. The SMILES string of the molecule is c1ccc2c(NC3CCOC(C4CC4)C3)nc(NC3CCOC(C4CC4)C3)nc2c1. The van der Waals surface area contributed by atoms with Crippen LogP contribution >= 0.6 is 0 Å². The number of rotatable bonds is 6. The van der Waals surface area contributed by atoms with Crippen molar-refractivity contribution in [3.63, 3.8) is 0 Å². The zero-order valence-electron chi connectivity index (χ0n) is 17.6. The number of benzene rings is 1. The first-order valence-corrected chi connectivity index (χ1v) is 11.8. The van der Waals surface area contributed by atoms with Crippen LogP contribution in [0.5, 0.6) is 0 Å². The summed E-state index contributed by atoms with van der Waals surface area (Å²) >= 11 is 0. The van der Waals surface area contributed by atoms with E-state index in [9.17, 15) is 0 Å². The molecule has 2 N–H and O–H groups in total. The fraction of sp³-hybridized carbons (Fsp3) is 0.667. The van der Waals surface area contributed by atoms with Crippen molar-refractivity contribution in [2.45, 2.75) is 75.7 Å². The molecule has 6 rings (SSSR count). The molecule has 2 aliphatic heterocycles. The van der Waals surface area contributed by atoms with Crippen LogP contribution in [-0.4, -0.2) is 47.5 Å². The Morgan fingerprint density at radius 3 is 2.03 bits per heavy atom. The molecule has 4 atom stereocenters. The molecule has 30 heavy (non-hydrogen) atoms. The maximum Gasteiger partial charge on any atom is 0.225 e. The van der Waals surface area contributed by atoms with E-state index in [1.54, 1.807) is 0 Å². The third-order valence-corrected chi connectivity index (χ3v) is 7.20. The van der Waals surface area contributed by atoms with E-state index in [4.69, 9.17) is 19.4 Å². The third-order valence-electron chi connectivity index (χ3n) is 7.20. The van der Waals surface area contributed by atoms with Crippen molar-refractivity contribution < 1.29 is 9.47 Å². The number of anilines is 2. The van der Waals surface area contributed by atoms with E-state index < -0.39 is 0 Å². The Hall–Kier alpha value is -1.92. The summed E-state index contributed by atoms with van der Waals surface area (Å²) in [6, 6.07) is 9.13. The lowest BCUT2D eigenvalue weighted by atomic mass is 10.00. The fourth-order valence-corrected chi connectivity index (χ4v) is 5.14. The summed E-state index contributed by atoms with van der Waals surface area (Å²) in [4.78, 5) is 9.78. The van der Waals surface area contributed by atoms with Gasteiger partial charge in [-0.1, -0.05) is 12.1 Å². The molecule has 1 aromatic carbocycles. The lowest BCUT2D eigenvalue weighted by Gasteiger charge is -2.31. The van der Waals surface area contributed by atoms with Crippen LogP contribution in [0, 0.1) is 11.8 Å². The molecule has 4 aliphatic rings. The second kappa shape index (κ2) is 7.97. The minimum atomic E-state index is 0.390. The van der Waals surface area contributed by atoms with Gasteiger partial charge in [0.1, 0.15) is 5.82 Å². The second-order valence-corrected chi connectivity index (χ2v) is 9.64. The molecule has 1 aromatic heterocycles. The molecular formula is C24H32N4O2. The Morgan fingerprint density at radius 1 is 0.733 bits per heavy atom. The van der Waals surface area contributed by atoms with Gasteiger partial charge in [0.05, 0.1) is 17.7 Å². The molecule has 2 saturated carbocycles. The summed E-state index contributed by atoms with van der Waals surface area (Å²) < 4.78 is 12.0. The van der Waals surface area contributed by atoms with Gasteiger partial charge in [0.2, 0.25) is 5.95 Å². The first-order valence-electron chi connectivity index (χ1n) is 11.8. The first kappa shape index (κ1) is 18.8. The van der Waals surface area contributed by atoms with Crippen LogP contribution in [0.4, 0.5) is 11.8 Å². The van der Waals surface area contributed by atoms with Crippen molar-refractivity contribution in [3.8, 4) is 0 Å². The molecule has 0 spiro atoms. The molecule has 0 amide bonds. The second-order valence-electron chi connectivity index (χ2n) is 9.64. The molecule has 2 saturated heterocycles. The Morgan fingerprint density at radius 2 is 1.37 bits per heavy atom. The molecule has 2 aliphatic carbocycles. The van der Waals surface area contributed by atoms with Gasteiger partial charge >= 0.3 is 0 Å². The van der Waals surface area contributed by atoms with E-state index in [1.807, 2.05) is 0 Å². The van der Waals surface area contributed by atoms with Gasteiger partial charge in [0.25, 0.3) is 0 Å². The Kier molecular flexibility index (Phi) is 5.00. The number of fused-ring (bicyclic) bond motifs is 1. The Balaban J connectivity index is 1.21. The van der Waals surface area contributed by atoms with Crippen LogP contribution in [0.1, 0.15) is 51.4 Å². The lowest BCUT2D eigenvalue weighted by Crippen LogP contribution is -2.36. The van der Waals surface area contributed by atoms with E-state index in [-0.39, 0.29) is 0 Å². The highest BCUT2D eigenvalue weighted by Gasteiger charge is 2.37. The standard InChI is InChI=1S/C24H32N4O2/c1-2-4-20-19(3-1)23(25-17-9-11-29-21(13-17)15-5-6-15)28-24(27-20)26-18-10-12-30-22(14-18)16-7-8-16/h1-4,15-18,21-22H,5-14H2,(H2,25,26,27,28). The maximum atomic E-state index is 6.02. The van der Waals surface area contributed by atoms with Crippen LogP contribution in [-0.2, 0) is 9.47 Å². The quantitative estimate of drug-likeness (QED) is 0.740. The summed E-state index contributed by atoms with van der Waals surface area (Å²) in [6.45, 7) is 1.68. The molecule has 0 radical (unpaired) electrons. The average Bonchev–Trinajstić information content (AvgIpc) is 3.67. The number of ether oxygens (including phenoxy) is 2. The molecule has 2 aromatic rings. The van der Waals surface area contributed by atoms with Crippen molar-refractivity contribution >= 4 is 22.7 Å². The summed E-state index contributed by atoms with van der Waals surface area (Å²) in [6.07, 6.45) is 10.3. The topological polar surface area (TPSA) is 68.3 Å². The maximum absolute atomic E-state index is 6.02. The Bertz CT molecular complexity index is 898. The number of hydrogen-bond donors (Lipinski definition) is 2. The monoisotopic (exact) mass is 408 g/mol. The van der Waals surface area contributed by atoms with Gasteiger partial charge in [-0.2, -0.15) is 4.98 Å². The molecule has 4 unspecified atom stereocenters. The highest BCUT2D eigenvalue weighted by Crippen LogP contribution is 2.40. The van der Waals surface area contributed by atoms with E-state index >= 15 is 0 Å². The van der Waals surface area contributed by atoms with Gasteiger partial charge in [-0.25, -0.2) is 4.98 Å². The van der Waals surface area contributed by atoms with Crippen LogP contribution in [0.3, 0.4) is 0 Å². The molecule has 160 valence electrons. The van der Waals surface area contributed by atoms with Gasteiger partial charge < -0.3 is 20.1 Å². The van der Waals surface area contributed by atoms with Crippen LogP contribution < -0.4 is 10.6 Å². The average molecular weight is 409 g/mol. The molecule has 3 heterocycles. The van der Waals surface area contributed by atoms with Crippen LogP contribution in [0.25, 0.3) is 10.9 Å². The molecule has 6 heteroatoms. The van der Waals surface area contributed by atoms with Gasteiger partial charge in [0, 0.05) is 30.7 Å². The molecule has 6 nitrogen and oxygen atoms in total. The van der Waals surface area contributed by atoms with E-state index in [1.165, 1.54) is 25.7 Å². The van der Waals surface area contributed by atoms with Crippen molar-refractivity contribution in [2.75, 3.05) is 23.8 Å². The highest BCUT2D eigenvalue weighted by molar-refractivity contribution is 5.90. The number of hydrogen-bond acceptors (Lipinski definition) is 6. The Labute approximate surface area is 178 Å². The number of para-hydroxylation sites is 1. The first-order chi connectivity index (χ1) is 14.8.